The van der Waals surface area contributed by atoms with E-state index in [0.717, 1.165) is 24.3 Å². The summed E-state index contributed by atoms with van der Waals surface area (Å²) in [6.07, 6.45) is 4.20. The van der Waals surface area contributed by atoms with Crippen LogP contribution in [-0.4, -0.2) is 30.1 Å². The van der Waals surface area contributed by atoms with Gasteiger partial charge in [0.2, 0.25) is 5.91 Å². The van der Waals surface area contributed by atoms with Crippen LogP contribution < -0.4 is 5.32 Å². The lowest BCUT2D eigenvalue weighted by Gasteiger charge is -2.09. The SMILES string of the molecule is O=C(NCCc1nccs1)C1CCCO1. The topological polar surface area (TPSA) is 51.2 Å². The molecular formula is C10H14N2O2S. The molecule has 2 heterocycles. The Morgan fingerprint density at radius 1 is 1.73 bits per heavy atom. The van der Waals surface area contributed by atoms with E-state index in [2.05, 4.69) is 10.3 Å². The highest BCUT2D eigenvalue weighted by Crippen LogP contribution is 2.11. The molecule has 0 saturated carbocycles. The third-order valence-corrected chi connectivity index (χ3v) is 3.18. The fourth-order valence-electron chi connectivity index (χ4n) is 1.57. The van der Waals surface area contributed by atoms with Crippen molar-refractivity contribution in [3.05, 3.63) is 16.6 Å². The molecule has 1 amide bonds. The molecule has 0 aliphatic carbocycles. The van der Waals surface area contributed by atoms with Gasteiger partial charge in [-0.25, -0.2) is 4.98 Å². The van der Waals surface area contributed by atoms with E-state index in [1.807, 2.05) is 5.38 Å². The molecule has 0 aromatic carbocycles. The first kappa shape index (κ1) is 10.6. The second-order valence-electron chi connectivity index (χ2n) is 3.47. The molecule has 1 aliphatic heterocycles. The van der Waals surface area contributed by atoms with Crippen LogP contribution in [0.25, 0.3) is 0 Å². The van der Waals surface area contributed by atoms with E-state index in [4.69, 9.17) is 4.74 Å². The summed E-state index contributed by atoms with van der Waals surface area (Å²) in [6.45, 7) is 1.36. The normalized spacial score (nSPS) is 20.4. The zero-order valence-electron chi connectivity index (χ0n) is 8.44. The van der Waals surface area contributed by atoms with Gasteiger partial charge in [-0.3, -0.25) is 4.79 Å². The Morgan fingerprint density at radius 2 is 2.67 bits per heavy atom. The van der Waals surface area contributed by atoms with E-state index in [1.165, 1.54) is 0 Å². The highest BCUT2D eigenvalue weighted by molar-refractivity contribution is 7.09. The minimum absolute atomic E-state index is 0.0176. The zero-order valence-corrected chi connectivity index (χ0v) is 9.26. The van der Waals surface area contributed by atoms with E-state index >= 15 is 0 Å². The lowest BCUT2D eigenvalue weighted by atomic mass is 10.2. The summed E-state index contributed by atoms with van der Waals surface area (Å²) in [6, 6.07) is 0. The largest absolute Gasteiger partial charge is 0.368 e. The molecule has 15 heavy (non-hydrogen) atoms. The van der Waals surface area contributed by atoms with Crippen LogP contribution in [0.15, 0.2) is 11.6 Å². The van der Waals surface area contributed by atoms with Crippen molar-refractivity contribution in [1.29, 1.82) is 0 Å². The minimum atomic E-state index is -0.221. The molecule has 1 N–H and O–H groups in total. The van der Waals surface area contributed by atoms with Gasteiger partial charge < -0.3 is 10.1 Å². The summed E-state index contributed by atoms with van der Waals surface area (Å²) in [4.78, 5) is 15.7. The molecule has 82 valence electrons. The standard InChI is InChI=1S/C10H14N2O2S/c13-10(8-2-1-6-14-8)12-4-3-9-11-5-7-15-9/h5,7-8H,1-4,6H2,(H,12,13). The van der Waals surface area contributed by atoms with Gasteiger partial charge in [-0.15, -0.1) is 11.3 Å². The highest BCUT2D eigenvalue weighted by atomic mass is 32.1. The number of amides is 1. The van der Waals surface area contributed by atoms with E-state index in [1.54, 1.807) is 17.5 Å². The predicted molar refractivity (Wildman–Crippen MR) is 57.8 cm³/mol. The van der Waals surface area contributed by atoms with Crippen LogP contribution in [0.3, 0.4) is 0 Å². The highest BCUT2D eigenvalue weighted by Gasteiger charge is 2.22. The fraction of sp³-hybridized carbons (Fsp3) is 0.600. The molecule has 4 nitrogen and oxygen atoms in total. The average molecular weight is 226 g/mol. The van der Waals surface area contributed by atoms with Gasteiger partial charge in [-0.2, -0.15) is 0 Å². The molecule has 0 bridgehead atoms. The van der Waals surface area contributed by atoms with Crippen molar-refractivity contribution in [1.82, 2.24) is 10.3 Å². The Morgan fingerprint density at radius 3 is 3.33 bits per heavy atom. The molecule has 1 fully saturated rings. The summed E-state index contributed by atoms with van der Waals surface area (Å²) in [5, 5.41) is 5.87. The summed E-state index contributed by atoms with van der Waals surface area (Å²) in [7, 11) is 0. The number of hydrogen-bond donors (Lipinski definition) is 1. The van der Waals surface area contributed by atoms with E-state index in [9.17, 15) is 4.79 Å². The van der Waals surface area contributed by atoms with E-state index in [-0.39, 0.29) is 12.0 Å². The number of rotatable bonds is 4. The Bertz CT molecular complexity index is 307. The van der Waals surface area contributed by atoms with Crippen LogP contribution in [0.5, 0.6) is 0 Å². The first-order chi connectivity index (χ1) is 7.36. The maximum Gasteiger partial charge on any atom is 0.249 e. The molecule has 1 atom stereocenters. The number of aromatic nitrogens is 1. The fourth-order valence-corrected chi connectivity index (χ4v) is 2.19. The maximum absolute atomic E-state index is 11.5. The van der Waals surface area contributed by atoms with Gasteiger partial charge in [-0.1, -0.05) is 0 Å². The molecule has 1 aromatic heterocycles. The second kappa shape index (κ2) is 5.23. The van der Waals surface area contributed by atoms with Crippen molar-refractivity contribution in [2.45, 2.75) is 25.4 Å². The van der Waals surface area contributed by atoms with Crippen molar-refractivity contribution < 1.29 is 9.53 Å². The molecule has 1 aromatic rings. The molecule has 0 spiro atoms. The van der Waals surface area contributed by atoms with Crippen LogP contribution in [-0.2, 0) is 16.0 Å². The third kappa shape index (κ3) is 3.00. The molecular weight excluding hydrogens is 212 g/mol. The molecule has 5 heteroatoms. The van der Waals surface area contributed by atoms with Gasteiger partial charge in [0.1, 0.15) is 6.10 Å². The van der Waals surface area contributed by atoms with Crippen molar-refractivity contribution in [3.63, 3.8) is 0 Å². The lowest BCUT2D eigenvalue weighted by molar-refractivity contribution is -0.129. The van der Waals surface area contributed by atoms with E-state index < -0.39 is 0 Å². The Kier molecular flexibility index (Phi) is 3.69. The number of carbonyl (C=O) groups is 1. The minimum Gasteiger partial charge on any atom is -0.368 e. The van der Waals surface area contributed by atoms with Crippen LogP contribution in [0.1, 0.15) is 17.8 Å². The number of nitrogens with one attached hydrogen (secondary N) is 1. The summed E-state index contributed by atoms with van der Waals surface area (Å²) >= 11 is 1.61. The van der Waals surface area contributed by atoms with Gasteiger partial charge in [0, 0.05) is 31.1 Å². The van der Waals surface area contributed by atoms with Crippen LogP contribution in [0.4, 0.5) is 0 Å². The quantitative estimate of drug-likeness (QED) is 0.832. The predicted octanol–water partition coefficient (Wildman–Crippen LogP) is 0.981. The van der Waals surface area contributed by atoms with Crippen molar-refractivity contribution in [2.75, 3.05) is 13.2 Å². The average Bonchev–Trinajstić information content (AvgIpc) is 2.90. The third-order valence-electron chi connectivity index (χ3n) is 2.34. The second-order valence-corrected chi connectivity index (χ2v) is 4.45. The van der Waals surface area contributed by atoms with E-state index in [0.29, 0.717) is 13.2 Å². The van der Waals surface area contributed by atoms with Gasteiger partial charge >= 0.3 is 0 Å². The van der Waals surface area contributed by atoms with Crippen LogP contribution >= 0.6 is 11.3 Å². The van der Waals surface area contributed by atoms with Crippen LogP contribution in [0, 0.1) is 0 Å². The maximum atomic E-state index is 11.5. The number of thiazole rings is 1. The Balaban J connectivity index is 1.67. The number of nitrogens with zero attached hydrogens (tertiary/aromatic N) is 1. The Labute approximate surface area is 92.7 Å². The Hall–Kier alpha value is -0.940. The van der Waals surface area contributed by atoms with Crippen molar-refractivity contribution in [2.24, 2.45) is 0 Å². The first-order valence-electron chi connectivity index (χ1n) is 5.14. The van der Waals surface area contributed by atoms with Crippen molar-refractivity contribution in [3.8, 4) is 0 Å². The number of carbonyl (C=O) groups excluding carboxylic acids is 1. The molecule has 1 aliphatic rings. The smallest absolute Gasteiger partial charge is 0.249 e. The number of ether oxygens (including phenoxy) is 1. The molecule has 1 saturated heterocycles. The summed E-state index contributed by atoms with van der Waals surface area (Å²) < 4.78 is 5.28. The zero-order chi connectivity index (χ0) is 10.5. The lowest BCUT2D eigenvalue weighted by Crippen LogP contribution is -2.35. The monoisotopic (exact) mass is 226 g/mol. The van der Waals surface area contributed by atoms with Gasteiger partial charge in [-0.05, 0) is 12.8 Å². The van der Waals surface area contributed by atoms with Crippen molar-refractivity contribution >= 4 is 17.2 Å². The molecule has 1 unspecified atom stereocenters. The van der Waals surface area contributed by atoms with Gasteiger partial charge in [0.15, 0.2) is 0 Å². The van der Waals surface area contributed by atoms with Gasteiger partial charge in [0.25, 0.3) is 0 Å². The number of hydrogen-bond acceptors (Lipinski definition) is 4. The summed E-state index contributed by atoms with van der Waals surface area (Å²) in [5.41, 5.74) is 0. The molecule has 0 radical (unpaired) electrons. The van der Waals surface area contributed by atoms with Gasteiger partial charge in [0.05, 0.1) is 5.01 Å². The van der Waals surface area contributed by atoms with Crippen LogP contribution in [0.2, 0.25) is 0 Å². The molecule has 2 rings (SSSR count). The summed E-state index contributed by atoms with van der Waals surface area (Å²) in [5.74, 6) is 0.0176. The first-order valence-corrected chi connectivity index (χ1v) is 6.02.